The van der Waals surface area contributed by atoms with E-state index in [-0.39, 0.29) is 5.91 Å². The predicted octanol–water partition coefficient (Wildman–Crippen LogP) is 4.83. The van der Waals surface area contributed by atoms with Crippen LogP contribution in [-0.2, 0) is 13.1 Å². The molecular formula is C28H26N6O2. The first kappa shape index (κ1) is 21.9. The molecule has 6 rings (SSSR count). The van der Waals surface area contributed by atoms with Gasteiger partial charge in [-0.15, -0.1) is 0 Å². The van der Waals surface area contributed by atoms with Gasteiger partial charge in [-0.05, 0) is 55.8 Å². The fraction of sp³-hybridized carbons (Fsp3) is 0.179. The van der Waals surface area contributed by atoms with Gasteiger partial charge in [-0.2, -0.15) is 10.2 Å². The third-order valence-corrected chi connectivity index (χ3v) is 6.62. The first-order chi connectivity index (χ1) is 17.5. The number of fused-ring (bicyclic) bond motifs is 1. The number of methoxy groups -OCH3 is 1. The first-order valence-electron chi connectivity index (χ1n) is 11.8. The zero-order chi connectivity index (χ0) is 24.8. The van der Waals surface area contributed by atoms with Crippen molar-refractivity contribution in [3.63, 3.8) is 0 Å². The SMILES string of the molecule is COc1cccc(-c2cc(C(=O)N3Cc4nn(-c5ccc(C)cc5C)c(-n5cccc5)c4C3)[nH]n2)c1. The number of H-pyrrole nitrogens is 1. The summed E-state index contributed by atoms with van der Waals surface area (Å²) in [6, 6.07) is 19.8. The van der Waals surface area contributed by atoms with Crippen molar-refractivity contribution < 1.29 is 9.53 Å². The smallest absolute Gasteiger partial charge is 0.272 e. The first-order valence-corrected chi connectivity index (χ1v) is 11.8. The summed E-state index contributed by atoms with van der Waals surface area (Å²) in [6.07, 6.45) is 4.02. The summed E-state index contributed by atoms with van der Waals surface area (Å²) in [5.74, 6) is 1.59. The Morgan fingerprint density at radius 1 is 1.00 bits per heavy atom. The van der Waals surface area contributed by atoms with Crippen molar-refractivity contribution in [2.75, 3.05) is 7.11 Å². The van der Waals surface area contributed by atoms with Crippen molar-refractivity contribution in [1.82, 2.24) is 29.4 Å². The van der Waals surface area contributed by atoms with Crippen LogP contribution in [0.5, 0.6) is 5.75 Å². The second-order valence-corrected chi connectivity index (χ2v) is 9.10. The van der Waals surface area contributed by atoms with E-state index < -0.39 is 0 Å². The summed E-state index contributed by atoms with van der Waals surface area (Å²) in [4.78, 5) is 15.2. The molecule has 4 heterocycles. The minimum Gasteiger partial charge on any atom is -0.497 e. The molecule has 0 atom stereocenters. The highest BCUT2D eigenvalue weighted by Gasteiger charge is 2.32. The highest BCUT2D eigenvalue weighted by Crippen LogP contribution is 2.32. The van der Waals surface area contributed by atoms with Crippen LogP contribution < -0.4 is 4.74 Å². The monoisotopic (exact) mass is 478 g/mol. The standard InChI is InChI=1S/C28H26N6O2/c1-18-9-10-26(19(2)13-18)34-27(32-11-4-5-12-32)22-16-33(17-25(22)31-34)28(35)24-15-23(29-30-24)20-7-6-8-21(14-20)36-3/h4-15H,16-17H2,1-3H3,(H,29,30). The molecule has 36 heavy (non-hydrogen) atoms. The van der Waals surface area contributed by atoms with Crippen LogP contribution in [0.3, 0.4) is 0 Å². The van der Waals surface area contributed by atoms with Crippen molar-refractivity contribution >= 4 is 5.91 Å². The van der Waals surface area contributed by atoms with Gasteiger partial charge in [0.25, 0.3) is 5.91 Å². The van der Waals surface area contributed by atoms with Crippen LogP contribution in [0.15, 0.2) is 73.1 Å². The zero-order valence-corrected chi connectivity index (χ0v) is 20.4. The van der Waals surface area contributed by atoms with Crippen molar-refractivity contribution in [2.45, 2.75) is 26.9 Å². The van der Waals surface area contributed by atoms with Gasteiger partial charge in [0, 0.05) is 23.5 Å². The highest BCUT2D eigenvalue weighted by molar-refractivity contribution is 5.93. The second-order valence-electron chi connectivity index (χ2n) is 9.10. The summed E-state index contributed by atoms with van der Waals surface area (Å²) < 4.78 is 9.38. The predicted molar refractivity (Wildman–Crippen MR) is 137 cm³/mol. The van der Waals surface area contributed by atoms with Gasteiger partial charge in [-0.3, -0.25) is 9.89 Å². The zero-order valence-electron chi connectivity index (χ0n) is 20.4. The lowest BCUT2D eigenvalue weighted by atomic mass is 10.1. The summed E-state index contributed by atoms with van der Waals surface area (Å²) in [5.41, 5.74) is 7.38. The number of aromatic nitrogens is 5. The second kappa shape index (κ2) is 8.57. The van der Waals surface area contributed by atoms with Gasteiger partial charge >= 0.3 is 0 Å². The molecule has 0 fully saturated rings. The molecule has 3 aromatic heterocycles. The van der Waals surface area contributed by atoms with Crippen LogP contribution in [-0.4, -0.2) is 42.5 Å². The molecule has 5 aromatic rings. The number of rotatable bonds is 5. The molecule has 0 aliphatic carbocycles. The number of benzene rings is 2. The van der Waals surface area contributed by atoms with Gasteiger partial charge in [0.2, 0.25) is 0 Å². The fourth-order valence-electron chi connectivity index (χ4n) is 4.83. The normalized spacial score (nSPS) is 12.7. The van der Waals surface area contributed by atoms with Crippen LogP contribution >= 0.6 is 0 Å². The Balaban J connectivity index is 1.32. The molecule has 8 heteroatoms. The summed E-state index contributed by atoms with van der Waals surface area (Å²) in [5, 5.41) is 12.3. The quantitative estimate of drug-likeness (QED) is 0.392. The minimum absolute atomic E-state index is 0.105. The lowest BCUT2D eigenvalue weighted by Crippen LogP contribution is -2.26. The molecule has 1 aliphatic heterocycles. The maximum Gasteiger partial charge on any atom is 0.272 e. The van der Waals surface area contributed by atoms with Crippen LogP contribution in [0.4, 0.5) is 0 Å². The summed E-state index contributed by atoms with van der Waals surface area (Å²) >= 11 is 0. The van der Waals surface area contributed by atoms with Crippen LogP contribution in [0, 0.1) is 13.8 Å². The Morgan fingerprint density at radius 3 is 2.61 bits per heavy atom. The number of hydrogen-bond donors (Lipinski definition) is 1. The van der Waals surface area contributed by atoms with Gasteiger partial charge < -0.3 is 14.2 Å². The maximum atomic E-state index is 13.4. The molecule has 0 saturated heterocycles. The van der Waals surface area contributed by atoms with E-state index in [2.05, 4.69) is 46.8 Å². The third-order valence-electron chi connectivity index (χ3n) is 6.62. The molecule has 0 radical (unpaired) electrons. The van der Waals surface area contributed by atoms with E-state index >= 15 is 0 Å². The number of nitrogens with one attached hydrogen (secondary N) is 1. The maximum absolute atomic E-state index is 13.4. The summed E-state index contributed by atoms with van der Waals surface area (Å²) in [7, 11) is 1.63. The Bertz CT molecular complexity index is 1580. The molecule has 0 unspecified atom stereocenters. The molecule has 0 spiro atoms. The van der Waals surface area contributed by atoms with E-state index in [1.54, 1.807) is 18.1 Å². The molecule has 0 bridgehead atoms. The molecule has 0 saturated carbocycles. The molecule has 1 amide bonds. The van der Waals surface area contributed by atoms with Crippen molar-refractivity contribution in [3.05, 3.63) is 101 Å². The number of hydrogen-bond acceptors (Lipinski definition) is 4. The average molecular weight is 479 g/mol. The molecular weight excluding hydrogens is 452 g/mol. The lowest BCUT2D eigenvalue weighted by molar-refractivity contribution is 0.0743. The van der Waals surface area contributed by atoms with E-state index in [4.69, 9.17) is 9.84 Å². The molecule has 1 aliphatic rings. The van der Waals surface area contributed by atoms with Gasteiger partial charge in [-0.1, -0.05) is 29.8 Å². The fourth-order valence-corrected chi connectivity index (χ4v) is 4.83. The van der Waals surface area contributed by atoms with Crippen LogP contribution in [0.2, 0.25) is 0 Å². The molecule has 180 valence electrons. The Kier molecular flexibility index (Phi) is 5.21. The van der Waals surface area contributed by atoms with Crippen molar-refractivity contribution in [2.24, 2.45) is 0 Å². The number of aryl methyl sites for hydroxylation is 2. The summed E-state index contributed by atoms with van der Waals surface area (Å²) in [6.45, 7) is 5.10. The van der Waals surface area contributed by atoms with Gasteiger partial charge in [-0.25, -0.2) is 4.68 Å². The van der Waals surface area contributed by atoms with E-state index in [1.807, 2.05) is 53.5 Å². The minimum atomic E-state index is -0.105. The Hall–Kier alpha value is -4.59. The number of carbonyl (C=O) groups excluding carboxylic acids is 1. The highest BCUT2D eigenvalue weighted by atomic mass is 16.5. The van der Waals surface area contributed by atoms with Crippen LogP contribution in [0.1, 0.15) is 32.9 Å². The van der Waals surface area contributed by atoms with E-state index in [9.17, 15) is 4.79 Å². The molecule has 2 aromatic carbocycles. The number of carbonyl (C=O) groups is 1. The largest absolute Gasteiger partial charge is 0.497 e. The number of nitrogens with zero attached hydrogens (tertiary/aromatic N) is 5. The lowest BCUT2D eigenvalue weighted by Gasteiger charge is -2.17. The van der Waals surface area contributed by atoms with Gasteiger partial charge in [0.05, 0.1) is 37.3 Å². The Labute approximate surface area is 208 Å². The van der Waals surface area contributed by atoms with Crippen LogP contribution in [0.25, 0.3) is 22.8 Å². The number of amides is 1. The topological polar surface area (TPSA) is 81.0 Å². The Morgan fingerprint density at radius 2 is 1.83 bits per heavy atom. The van der Waals surface area contributed by atoms with E-state index in [1.165, 1.54) is 5.56 Å². The number of ether oxygens (including phenoxy) is 1. The van der Waals surface area contributed by atoms with E-state index in [0.717, 1.165) is 39.6 Å². The van der Waals surface area contributed by atoms with Crippen molar-refractivity contribution in [1.29, 1.82) is 0 Å². The van der Waals surface area contributed by atoms with E-state index in [0.29, 0.717) is 24.5 Å². The van der Waals surface area contributed by atoms with Gasteiger partial charge in [0.1, 0.15) is 17.3 Å². The molecule has 8 nitrogen and oxygen atoms in total. The molecule has 1 N–H and O–H groups in total. The van der Waals surface area contributed by atoms with Crippen molar-refractivity contribution in [3.8, 4) is 28.5 Å². The van der Waals surface area contributed by atoms with Gasteiger partial charge in [0.15, 0.2) is 0 Å². The third kappa shape index (κ3) is 3.67. The average Bonchev–Trinajstić information content (AvgIpc) is 3.67. The number of aromatic amines is 1.